The van der Waals surface area contributed by atoms with Gasteiger partial charge in [-0.25, -0.2) is 9.48 Å². The summed E-state index contributed by atoms with van der Waals surface area (Å²) in [7, 11) is 1.64. The number of amides is 2. The molecule has 1 aliphatic heterocycles. The SMILES string of the molecule is COc1ccc(N2C(=O)N(Cc3ccccc3)C(n3nnc4ccccc43)C2c2ccccc2)cc1. The fraction of sp³-hybridized carbons (Fsp3) is 0.138. The minimum Gasteiger partial charge on any atom is -0.497 e. The number of anilines is 1. The minimum absolute atomic E-state index is 0.0949. The van der Waals surface area contributed by atoms with E-state index < -0.39 is 6.17 Å². The molecule has 2 atom stereocenters. The average molecular weight is 476 g/mol. The van der Waals surface area contributed by atoms with Gasteiger partial charge in [-0.2, -0.15) is 0 Å². The summed E-state index contributed by atoms with van der Waals surface area (Å²) < 4.78 is 7.25. The van der Waals surface area contributed by atoms with Crippen LogP contribution in [0.2, 0.25) is 0 Å². The van der Waals surface area contributed by atoms with E-state index in [1.54, 1.807) is 7.11 Å². The summed E-state index contributed by atoms with van der Waals surface area (Å²) in [6.45, 7) is 0.439. The van der Waals surface area contributed by atoms with Crippen molar-refractivity contribution in [3.63, 3.8) is 0 Å². The van der Waals surface area contributed by atoms with E-state index in [0.29, 0.717) is 6.54 Å². The lowest BCUT2D eigenvalue weighted by Gasteiger charge is -2.29. The Balaban J connectivity index is 1.55. The molecule has 1 fully saturated rings. The number of aromatic nitrogens is 3. The third kappa shape index (κ3) is 3.75. The highest BCUT2D eigenvalue weighted by molar-refractivity contribution is 5.96. The molecule has 7 nitrogen and oxygen atoms in total. The third-order valence-corrected chi connectivity index (χ3v) is 6.65. The minimum atomic E-state index is -0.422. The molecule has 1 saturated heterocycles. The van der Waals surface area contributed by atoms with E-state index in [1.165, 1.54) is 0 Å². The van der Waals surface area contributed by atoms with Crippen LogP contribution in [0, 0.1) is 0 Å². The van der Waals surface area contributed by atoms with Crippen molar-refractivity contribution in [1.82, 2.24) is 19.9 Å². The Morgan fingerprint density at radius 2 is 1.47 bits per heavy atom. The lowest BCUT2D eigenvalue weighted by molar-refractivity contribution is 0.164. The van der Waals surface area contributed by atoms with Crippen molar-refractivity contribution >= 4 is 22.8 Å². The van der Waals surface area contributed by atoms with E-state index in [9.17, 15) is 4.79 Å². The zero-order chi connectivity index (χ0) is 24.5. The Bertz CT molecular complexity index is 1480. The van der Waals surface area contributed by atoms with Gasteiger partial charge in [-0.3, -0.25) is 9.80 Å². The van der Waals surface area contributed by atoms with Crippen LogP contribution in [-0.2, 0) is 6.54 Å². The zero-order valence-electron chi connectivity index (χ0n) is 19.8. The molecule has 7 heteroatoms. The average Bonchev–Trinajstić information content (AvgIpc) is 3.48. The second-order valence-corrected chi connectivity index (χ2v) is 8.76. The first-order valence-electron chi connectivity index (χ1n) is 11.9. The van der Waals surface area contributed by atoms with Crippen LogP contribution in [0.4, 0.5) is 10.5 Å². The van der Waals surface area contributed by atoms with E-state index in [0.717, 1.165) is 33.6 Å². The van der Waals surface area contributed by atoms with E-state index in [1.807, 2.05) is 112 Å². The number of ether oxygens (including phenoxy) is 1. The summed E-state index contributed by atoms with van der Waals surface area (Å²) in [5.41, 5.74) is 4.52. The van der Waals surface area contributed by atoms with E-state index in [-0.39, 0.29) is 12.1 Å². The van der Waals surface area contributed by atoms with Gasteiger partial charge in [0.15, 0.2) is 6.17 Å². The van der Waals surface area contributed by atoms with Gasteiger partial charge < -0.3 is 4.74 Å². The normalized spacial score (nSPS) is 17.6. The molecule has 6 rings (SSSR count). The maximum Gasteiger partial charge on any atom is 0.327 e. The first kappa shape index (κ1) is 21.9. The van der Waals surface area contributed by atoms with Crippen molar-refractivity contribution < 1.29 is 9.53 Å². The van der Waals surface area contributed by atoms with Crippen LogP contribution in [0.25, 0.3) is 11.0 Å². The van der Waals surface area contributed by atoms with Crippen LogP contribution < -0.4 is 9.64 Å². The molecule has 2 unspecified atom stereocenters. The molecular formula is C29H25N5O2. The van der Waals surface area contributed by atoms with Gasteiger partial charge in [-0.15, -0.1) is 5.10 Å². The summed E-state index contributed by atoms with van der Waals surface area (Å²) in [6, 6.07) is 35.2. The fourth-order valence-corrected chi connectivity index (χ4v) is 4.95. The van der Waals surface area contributed by atoms with Gasteiger partial charge in [-0.05, 0) is 47.5 Å². The summed E-state index contributed by atoms with van der Waals surface area (Å²) in [6.07, 6.45) is -0.422. The molecule has 0 radical (unpaired) electrons. The number of benzene rings is 4. The van der Waals surface area contributed by atoms with Crippen LogP contribution in [0.15, 0.2) is 109 Å². The Morgan fingerprint density at radius 3 is 2.19 bits per heavy atom. The second kappa shape index (κ2) is 9.19. The highest BCUT2D eigenvalue weighted by Crippen LogP contribution is 2.46. The van der Waals surface area contributed by atoms with Gasteiger partial charge in [0.1, 0.15) is 17.3 Å². The molecule has 0 bridgehead atoms. The van der Waals surface area contributed by atoms with Crippen molar-refractivity contribution in [2.45, 2.75) is 18.8 Å². The molecule has 2 heterocycles. The van der Waals surface area contributed by atoms with Gasteiger partial charge in [0, 0.05) is 12.2 Å². The number of carbonyl (C=O) groups is 1. The smallest absolute Gasteiger partial charge is 0.327 e. The Morgan fingerprint density at radius 1 is 0.806 bits per heavy atom. The van der Waals surface area contributed by atoms with Crippen LogP contribution in [0.5, 0.6) is 5.75 Å². The second-order valence-electron chi connectivity index (χ2n) is 8.76. The van der Waals surface area contributed by atoms with Crippen molar-refractivity contribution in [3.05, 3.63) is 120 Å². The van der Waals surface area contributed by atoms with Crippen molar-refractivity contribution in [1.29, 1.82) is 0 Å². The maximum absolute atomic E-state index is 14.2. The molecule has 1 aromatic heterocycles. The molecule has 0 spiro atoms. The summed E-state index contributed by atoms with van der Waals surface area (Å²) in [5.74, 6) is 0.738. The monoisotopic (exact) mass is 475 g/mol. The van der Waals surface area contributed by atoms with Crippen LogP contribution in [-0.4, -0.2) is 33.0 Å². The summed E-state index contributed by atoms with van der Waals surface area (Å²) in [5, 5.41) is 8.98. The van der Waals surface area contributed by atoms with Crippen LogP contribution >= 0.6 is 0 Å². The van der Waals surface area contributed by atoms with E-state index >= 15 is 0 Å². The third-order valence-electron chi connectivity index (χ3n) is 6.65. The van der Waals surface area contributed by atoms with Gasteiger partial charge in [-0.1, -0.05) is 78.0 Å². The standard InChI is InChI=1S/C29H25N5O2/c1-36-24-18-16-23(17-19-24)33-27(22-12-6-3-7-13-22)28(34-26-15-9-8-14-25(26)30-31-34)32(29(33)35)20-21-10-4-2-5-11-21/h2-19,27-28H,20H2,1H3. The molecule has 5 aromatic rings. The van der Waals surface area contributed by atoms with Gasteiger partial charge in [0.05, 0.1) is 12.6 Å². The number of fused-ring (bicyclic) bond motifs is 1. The molecule has 36 heavy (non-hydrogen) atoms. The highest BCUT2D eigenvalue weighted by atomic mass is 16.5. The van der Waals surface area contributed by atoms with Gasteiger partial charge in [0.25, 0.3) is 0 Å². The summed E-state index contributed by atoms with van der Waals surface area (Å²) in [4.78, 5) is 18.0. The Hall–Kier alpha value is -4.65. The molecule has 0 N–H and O–H groups in total. The van der Waals surface area contributed by atoms with Crippen molar-refractivity contribution in [2.24, 2.45) is 0 Å². The van der Waals surface area contributed by atoms with E-state index in [2.05, 4.69) is 22.4 Å². The number of carbonyl (C=O) groups excluding carboxylic acids is 1. The lowest BCUT2D eigenvalue weighted by Crippen LogP contribution is -2.33. The number of hydrogen-bond donors (Lipinski definition) is 0. The van der Waals surface area contributed by atoms with E-state index in [4.69, 9.17) is 4.74 Å². The lowest BCUT2D eigenvalue weighted by atomic mass is 10.0. The zero-order valence-corrected chi connectivity index (χ0v) is 19.8. The van der Waals surface area contributed by atoms with Gasteiger partial charge in [0.2, 0.25) is 0 Å². The molecular weight excluding hydrogens is 450 g/mol. The first-order valence-corrected chi connectivity index (χ1v) is 11.9. The maximum atomic E-state index is 14.2. The number of para-hydroxylation sites is 1. The predicted octanol–water partition coefficient (Wildman–Crippen LogP) is 5.82. The fourth-order valence-electron chi connectivity index (χ4n) is 4.95. The molecule has 2 amide bonds. The number of hydrogen-bond acceptors (Lipinski definition) is 4. The molecule has 4 aromatic carbocycles. The van der Waals surface area contributed by atoms with Crippen molar-refractivity contribution in [3.8, 4) is 5.75 Å². The molecule has 0 saturated carbocycles. The number of nitrogens with zero attached hydrogens (tertiary/aromatic N) is 5. The van der Waals surface area contributed by atoms with Gasteiger partial charge >= 0.3 is 6.03 Å². The number of methoxy groups -OCH3 is 1. The van der Waals surface area contributed by atoms with Crippen LogP contribution in [0.1, 0.15) is 23.3 Å². The molecule has 0 aliphatic carbocycles. The first-order chi connectivity index (χ1) is 17.7. The Kier molecular flexibility index (Phi) is 5.58. The Labute approximate surface area is 209 Å². The largest absolute Gasteiger partial charge is 0.497 e. The number of rotatable bonds is 6. The molecule has 178 valence electrons. The quantitative estimate of drug-likeness (QED) is 0.310. The van der Waals surface area contributed by atoms with Crippen molar-refractivity contribution in [2.75, 3.05) is 12.0 Å². The topological polar surface area (TPSA) is 63.5 Å². The number of urea groups is 1. The molecule has 1 aliphatic rings. The van der Waals surface area contributed by atoms with Crippen LogP contribution in [0.3, 0.4) is 0 Å². The highest BCUT2D eigenvalue weighted by Gasteiger charge is 2.49. The summed E-state index contributed by atoms with van der Waals surface area (Å²) >= 11 is 0. The predicted molar refractivity (Wildman–Crippen MR) is 139 cm³/mol.